The second kappa shape index (κ2) is 12.6. The van der Waals surface area contributed by atoms with Gasteiger partial charge >= 0.3 is 175 Å². The summed E-state index contributed by atoms with van der Waals surface area (Å²) in [6.07, 6.45) is 14.6. The molecule has 1 aromatic carbocycles. The van der Waals surface area contributed by atoms with E-state index >= 15 is 0 Å². The number of hydrogen-bond acceptors (Lipinski definition) is 0. The SMILES string of the molecule is CCCC[C@@H]1[C@@H](Cc2ccccc2)[C@H]1[Sn]([CH2]CCC)([CH2]CCC)[CH2]CCC. The molecule has 1 aliphatic carbocycles. The zero-order valence-electron chi connectivity index (χ0n) is 18.8. The average Bonchev–Trinajstić information content (AvgIpc) is 3.39. The van der Waals surface area contributed by atoms with Gasteiger partial charge in [-0.3, -0.25) is 0 Å². The molecule has 0 bridgehead atoms. The van der Waals surface area contributed by atoms with E-state index in [-0.39, 0.29) is 0 Å². The molecule has 0 N–H and O–H groups in total. The van der Waals surface area contributed by atoms with E-state index in [4.69, 9.17) is 0 Å². The second-order valence-electron chi connectivity index (χ2n) is 9.36. The Labute approximate surface area is 174 Å². The molecule has 1 aliphatic rings. The molecule has 0 heterocycles. The van der Waals surface area contributed by atoms with Gasteiger partial charge in [0.15, 0.2) is 0 Å². The summed E-state index contributed by atoms with van der Waals surface area (Å²) in [4.78, 5) is 0. The van der Waals surface area contributed by atoms with Crippen molar-refractivity contribution in [3.05, 3.63) is 35.9 Å². The summed E-state index contributed by atoms with van der Waals surface area (Å²) in [6.45, 7) is 9.63. The van der Waals surface area contributed by atoms with Crippen LogP contribution in [0.15, 0.2) is 30.3 Å². The molecule has 0 saturated heterocycles. The van der Waals surface area contributed by atoms with Gasteiger partial charge in [0.2, 0.25) is 0 Å². The Morgan fingerprint density at radius 3 is 1.67 bits per heavy atom. The Balaban J connectivity index is 2.21. The maximum atomic E-state index is 2.42. The molecule has 1 aromatic rings. The van der Waals surface area contributed by atoms with E-state index in [1.54, 1.807) is 18.9 Å². The van der Waals surface area contributed by atoms with Gasteiger partial charge in [-0.1, -0.05) is 0 Å². The maximum absolute atomic E-state index is 2.42. The first kappa shape index (κ1) is 23.3. The Morgan fingerprint density at radius 2 is 1.19 bits per heavy atom. The molecule has 0 aliphatic heterocycles. The third kappa shape index (κ3) is 6.79. The zero-order valence-corrected chi connectivity index (χ0v) is 21.7. The van der Waals surface area contributed by atoms with Crippen LogP contribution in [-0.4, -0.2) is 18.4 Å². The van der Waals surface area contributed by atoms with E-state index < -0.39 is 18.4 Å². The monoisotopic (exact) mass is 478 g/mol. The minimum absolute atomic E-state index is 1.04. The quantitative estimate of drug-likeness (QED) is 0.221. The van der Waals surface area contributed by atoms with Crippen LogP contribution in [0.1, 0.15) is 91.0 Å². The summed E-state index contributed by atoms with van der Waals surface area (Å²) in [7, 11) is 0. The summed E-state index contributed by atoms with van der Waals surface area (Å²) >= 11 is -2.07. The number of rotatable bonds is 15. The predicted octanol–water partition coefficient (Wildman–Crippen LogP) is 8.88. The average molecular weight is 477 g/mol. The Bertz CT molecular complexity index is 472. The van der Waals surface area contributed by atoms with Crippen LogP contribution in [0.5, 0.6) is 0 Å². The second-order valence-corrected chi connectivity index (χ2v) is 23.3. The van der Waals surface area contributed by atoms with Crippen molar-refractivity contribution in [2.45, 2.75) is 109 Å². The van der Waals surface area contributed by atoms with Gasteiger partial charge in [-0.05, 0) is 0 Å². The number of hydrogen-bond donors (Lipinski definition) is 0. The molecular formula is C26H46Sn. The molecule has 1 fully saturated rings. The van der Waals surface area contributed by atoms with Crippen LogP contribution in [0.2, 0.25) is 17.2 Å². The topological polar surface area (TPSA) is 0 Å². The fourth-order valence-corrected chi connectivity index (χ4v) is 27.0. The van der Waals surface area contributed by atoms with Gasteiger partial charge in [0.1, 0.15) is 0 Å². The van der Waals surface area contributed by atoms with Crippen molar-refractivity contribution in [1.29, 1.82) is 0 Å². The van der Waals surface area contributed by atoms with E-state index in [1.807, 2.05) is 0 Å². The van der Waals surface area contributed by atoms with Crippen molar-refractivity contribution in [3.63, 3.8) is 0 Å². The summed E-state index contributed by atoms with van der Waals surface area (Å²) in [6, 6.07) is 11.4. The van der Waals surface area contributed by atoms with E-state index in [0.717, 1.165) is 11.8 Å². The van der Waals surface area contributed by atoms with Crippen LogP contribution in [-0.2, 0) is 6.42 Å². The predicted molar refractivity (Wildman–Crippen MR) is 125 cm³/mol. The van der Waals surface area contributed by atoms with Crippen molar-refractivity contribution in [2.24, 2.45) is 11.8 Å². The van der Waals surface area contributed by atoms with E-state index in [9.17, 15) is 0 Å². The third-order valence-electron chi connectivity index (χ3n) is 7.33. The molecule has 0 aromatic heterocycles. The summed E-state index contributed by atoms with van der Waals surface area (Å²) in [5.74, 6) is 2.13. The molecule has 0 unspecified atom stereocenters. The van der Waals surface area contributed by atoms with Gasteiger partial charge in [-0.25, -0.2) is 0 Å². The fraction of sp³-hybridized carbons (Fsp3) is 0.769. The molecule has 0 nitrogen and oxygen atoms in total. The summed E-state index contributed by atoms with van der Waals surface area (Å²) < 4.78 is 6.30. The summed E-state index contributed by atoms with van der Waals surface area (Å²) in [5.41, 5.74) is 1.60. The molecule has 1 saturated carbocycles. The first-order chi connectivity index (χ1) is 13.2. The van der Waals surface area contributed by atoms with Crippen LogP contribution < -0.4 is 0 Å². The van der Waals surface area contributed by atoms with Gasteiger partial charge in [0.05, 0.1) is 0 Å². The standard InChI is InChI=1S/C14H19.3C4H9.Sn/c1-2-3-9-13-11-14(13)10-12-7-5-4-6-8-12;3*1-3-4-2;/h4-8,11,13-14H,2-3,9-10H2,1H3;3*1,3-4H2,2H3;/t13-,14-;;;;/m0..../s1. The van der Waals surface area contributed by atoms with Crippen LogP contribution >= 0.6 is 0 Å². The molecule has 3 atom stereocenters. The van der Waals surface area contributed by atoms with Crippen LogP contribution in [0.4, 0.5) is 0 Å². The first-order valence-electron chi connectivity index (χ1n) is 12.3. The van der Waals surface area contributed by atoms with Crippen LogP contribution in [0.3, 0.4) is 0 Å². The van der Waals surface area contributed by atoms with E-state index in [1.165, 1.54) is 68.1 Å². The zero-order chi connectivity index (χ0) is 19.5. The Hall–Kier alpha value is 0.0187. The normalized spacial score (nSPS) is 22.1. The van der Waals surface area contributed by atoms with E-state index in [0.29, 0.717) is 0 Å². The van der Waals surface area contributed by atoms with Gasteiger partial charge in [-0.15, -0.1) is 0 Å². The van der Waals surface area contributed by atoms with Gasteiger partial charge in [0, 0.05) is 0 Å². The molecule has 2 rings (SSSR count). The number of benzene rings is 1. The van der Waals surface area contributed by atoms with Gasteiger partial charge in [0.25, 0.3) is 0 Å². The van der Waals surface area contributed by atoms with Crippen molar-refractivity contribution < 1.29 is 0 Å². The first-order valence-corrected chi connectivity index (χ1v) is 20.0. The van der Waals surface area contributed by atoms with Crippen molar-refractivity contribution in [2.75, 3.05) is 0 Å². The Kier molecular flexibility index (Phi) is 10.8. The minimum atomic E-state index is -2.07. The Morgan fingerprint density at radius 1 is 0.667 bits per heavy atom. The molecule has 0 radical (unpaired) electrons. The van der Waals surface area contributed by atoms with Gasteiger partial charge < -0.3 is 0 Å². The van der Waals surface area contributed by atoms with Crippen LogP contribution in [0, 0.1) is 11.8 Å². The van der Waals surface area contributed by atoms with E-state index in [2.05, 4.69) is 58.0 Å². The summed E-state index contributed by atoms with van der Waals surface area (Å²) in [5, 5.41) is 0. The van der Waals surface area contributed by atoms with Crippen LogP contribution in [0.25, 0.3) is 0 Å². The third-order valence-corrected chi connectivity index (χ3v) is 25.4. The fourth-order valence-electron chi connectivity index (χ4n) is 5.81. The molecule has 0 spiro atoms. The molecule has 0 amide bonds. The molecule has 27 heavy (non-hydrogen) atoms. The van der Waals surface area contributed by atoms with Crippen molar-refractivity contribution in [1.82, 2.24) is 0 Å². The molecular weight excluding hydrogens is 431 g/mol. The number of unbranched alkanes of at least 4 members (excludes halogenated alkanes) is 4. The molecule has 154 valence electrons. The van der Waals surface area contributed by atoms with Crippen molar-refractivity contribution >= 4 is 18.4 Å². The molecule has 1 heteroatoms. The van der Waals surface area contributed by atoms with Crippen molar-refractivity contribution in [3.8, 4) is 0 Å². The van der Waals surface area contributed by atoms with Gasteiger partial charge in [-0.2, -0.15) is 0 Å².